The highest BCUT2D eigenvalue weighted by Gasteiger charge is 2.11. The third-order valence-corrected chi connectivity index (χ3v) is 1.38. The average Bonchev–Trinajstić information content (AvgIpc) is 2.14. The van der Waals surface area contributed by atoms with Crippen molar-refractivity contribution < 1.29 is 19.1 Å². The molecule has 0 aromatic heterocycles. The zero-order chi connectivity index (χ0) is 11.8. The van der Waals surface area contributed by atoms with E-state index >= 15 is 0 Å². The Labute approximate surface area is 89.4 Å². The van der Waals surface area contributed by atoms with Crippen molar-refractivity contribution in [2.45, 2.75) is 27.1 Å². The normalized spacial score (nSPS) is 11.7. The van der Waals surface area contributed by atoms with Crippen LogP contribution in [0.5, 0.6) is 0 Å². The molecule has 0 heterocycles. The minimum Gasteiger partial charge on any atom is -0.422 e. The van der Waals surface area contributed by atoms with E-state index in [1.54, 1.807) is 0 Å². The summed E-state index contributed by atoms with van der Waals surface area (Å²) in [4.78, 5) is 21.8. The first-order valence-corrected chi connectivity index (χ1v) is 4.73. The maximum atomic E-state index is 11.1. The number of carbonyl (C=O) groups excluding carboxylic acids is 2. The van der Waals surface area contributed by atoms with Gasteiger partial charge in [-0.2, -0.15) is 0 Å². The predicted octanol–water partition coefficient (Wildman–Crippen LogP) is 1.44. The van der Waals surface area contributed by atoms with Crippen LogP contribution in [0.4, 0.5) is 4.79 Å². The van der Waals surface area contributed by atoms with E-state index in [9.17, 15) is 9.59 Å². The predicted molar refractivity (Wildman–Crippen MR) is 55.1 cm³/mol. The summed E-state index contributed by atoms with van der Waals surface area (Å²) in [5.74, 6) is -0.289. The van der Waals surface area contributed by atoms with E-state index in [0.29, 0.717) is 12.5 Å². The lowest BCUT2D eigenvalue weighted by Crippen LogP contribution is -2.32. The lowest BCUT2D eigenvalue weighted by molar-refractivity contribution is -0.158. The van der Waals surface area contributed by atoms with Crippen molar-refractivity contribution in [3.05, 3.63) is 12.7 Å². The first-order chi connectivity index (χ1) is 6.95. The minimum absolute atomic E-state index is 0.337. The van der Waals surface area contributed by atoms with Gasteiger partial charge in [0.15, 0.2) is 0 Å². The number of alkyl carbamates (subject to hydrolysis) is 1. The van der Waals surface area contributed by atoms with Crippen LogP contribution in [0.3, 0.4) is 0 Å². The second-order valence-electron chi connectivity index (χ2n) is 3.39. The van der Waals surface area contributed by atoms with E-state index < -0.39 is 18.4 Å². The van der Waals surface area contributed by atoms with Crippen LogP contribution in [0.1, 0.15) is 20.8 Å². The Morgan fingerprint density at radius 1 is 1.33 bits per heavy atom. The summed E-state index contributed by atoms with van der Waals surface area (Å²) in [5.41, 5.74) is 0. The minimum atomic E-state index is -0.914. The largest absolute Gasteiger partial charge is 0.422 e. The van der Waals surface area contributed by atoms with Gasteiger partial charge in [-0.05, 0) is 5.92 Å². The topological polar surface area (TPSA) is 64.6 Å². The molecular formula is C10H17NO4. The number of carbonyl (C=O) groups is 2. The lowest BCUT2D eigenvalue weighted by Gasteiger charge is -2.14. The molecule has 0 aromatic rings. The van der Waals surface area contributed by atoms with Crippen LogP contribution < -0.4 is 5.32 Å². The Kier molecular flexibility index (Phi) is 6.17. The molecule has 0 radical (unpaired) electrons. The Morgan fingerprint density at radius 2 is 1.93 bits per heavy atom. The number of hydrogen-bond acceptors (Lipinski definition) is 4. The fraction of sp³-hybridized carbons (Fsp3) is 0.600. The van der Waals surface area contributed by atoms with Crippen molar-refractivity contribution >= 4 is 12.1 Å². The van der Waals surface area contributed by atoms with E-state index in [1.807, 2.05) is 13.8 Å². The molecular weight excluding hydrogens is 198 g/mol. The fourth-order valence-electron chi connectivity index (χ4n) is 0.716. The van der Waals surface area contributed by atoms with Gasteiger partial charge in [-0.1, -0.05) is 20.4 Å². The van der Waals surface area contributed by atoms with E-state index in [1.165, 1.54) is 6.92 Å². The number of hydrogen-bond donors (Lipinski definition) is 1. The number of rotatable bonds is 5. The van der Waals surface area contributed by atoms with Crippen molar-refractivity contribution in [2.75, 3.05) is 6.54 Å². The van der Waals surface area contributed by atoms with Crippen molar-refractivity contribution in [2.24, 2.45) is 5.92 Å². The lowest BCUT2D eigenvalue weighted by atomic mass is 10.2. The summed E-state index contributed by atoms with van der Waals surface area (Å²) in [5, 5.41) is 2.53. The third kappa shape index (κ3) is 7.54. The van der Waals surface area contributed by atoms with Gasteiger partial charge in [0.05, 0.1) is 0 Å². The molecule has 0 aliphatic carbocycles. The number of ether oxygens (including phenoxy) is 2. The molecule has 0 saturated heterocycles. The Balaban J connectivity index is 3.76. The summed E-state index contributed by atoms with van der Waals surface area (Å²) in [6.45, 7) is 9.11. The van der Waals surface area contributed by atoms with Crippen molar-refractivity contribution in [3.8, 4) is 0 Å². The SMILES string of the molecule is C=CC(=O)OC(C)OC(=O)NCC(C)C. The van der Waals surface area contributed by atoms with Gasteiger partial charge in [-0.15, -0.1) is 0 Å². The maximum Gasteiger partial charge on any atom is 0.410 e. The van der Waals surface area contributed by atoms with Crippen molar-refractivity contribution in [1.82, 2.24) is 5.32 Å². The summed E-state index contributed by atoms with van der Waals surface area (Å²) in [7, 11) is 0. The standard InChI is InChI=1S/C10H17NO4/c1-5-9(12)14-8(4)15-10(13)11-6-7(2)3/h5,7-8H,1,6H2,2-4H3,(H,11,13). The highest BCUT2D eigenvalue weighted by molar-refractivity contribution is 5.81. The molecule has 0 saturated carbocycles. The van der Waals surface area contributed by atoms with Gasteiger partial charge >= 0.3 is 12.1 Å². The fourth-order valence-corrected chi connectivity index (χ4v) is 0.716. The second kappa shape index (κ2) is 6.86. The summed E-state index contributed by atoms with van der Waals surface area (Å²) in [6.07, 6.45) is -0.512. The molecule has 1 unspecified atom stereocenters. The van der Waals surface area contributed by atoms with Crippen LogP contribution in [-0.2, 0) is 14.3 Å². The molecule has 86 valence electrons. The van der Waals surface area contributed by atoms with Crippen LogP contribution in [0.15, 0.2) is 12.7 Å². The first kappa shape index (κ1) is 13.5. The summed E-state index contributed by atoms with van der Waals surface area (Å²) < 4.78 is 9.37. The molecule has 0 aromatic carbocycles. The van der Waals surface area contributed by atoms with Gasteiger partial charge in [-0.25, -0.2) is 9.59 Å². The van der Waals surface area contributed by atoms with Crippen LogP contribution in [0.2, 0.25) is 0 Å². The van der Waals surface area contributed by atoms with Crippen LogP contribution >= 0.6 is 0 Å². The first-order valence-electron chi connectivity index (χ1n) is 4.73. The van der Waals surface area contributed by atoms with Gasteiger partial charge in [0.25, 0.3) is 0 Å². The number of nitrogens with one attached hydrogen (secondary N) is 1. The zero-order valence-corrected chi connectivity index (χ0v) is 9.28. The maximum absolute atomic E-state index is 11.1. The molecule has 0 bridgehead atoms. The molecule has 1 atom stereocenters. The monoisotopic (exact) mass is 215 g/mol. The van der Waals surface area contributed by atoms with Crippen molar-refractivity contribution in [3.63, 3.8) is 0 Å². The molecule has 1 N–H and O–H groups in total. The Bertz CT molecular complexity index is 238. The van der Waals surface area contributed by atoms with Crippen LogP contribution in [0.25, 0.3) is 0 Å². The highest BCUT2D eigenvalue weighted by Crippen LogP contribution is 1.96. The van der Waals surface area contributed by atoms with Gasteiger partial charge in [0.1, 0.15) is 0 Å². The van der Waals surface area contributed by atoms with Gasteiger partial charge in [0, 0.05) is 19.5 Å². The molecule has 0 aliphatic rings. The van der Waals surface area contributed by atoms with Crippen LogP contribution in [-0.4, -0.2) is 24.9 Å². The number of esters is 1. The number of amides is 1. The van der Waals surface area contributed by atoms with Gasteiger partial charge in [0.2, 0.25) is 6.29 Å². The molecule has 5 nitrogen and oxygen atoms in total. The highest BCUT2D eigenvalue weighted by atomic mass is 16.7. The summed E-state index contributed by atoms with van der Waals surface area (Å²) in [6, 6.07) is 0. The molecule has 0 aliphatic heterocycles. The smallest absolute Gasteiger partial charge is 0.410 e. The molecule has 0 spiro atoms. The van der Waals surface area contributed by atoms with E-state index in [4.69, 9.17) is 4.74 Å². The van der Waals surface area contributed by atoms with Crippen molar-refractivity contribution in [1.29, 1.82) is 0 Å². The third-order valence-electron chi connectivity index (χ3n) is 1.38. The molecule has 15 heavy (non-hydrogen) atoms. The molecule has 0 rings (SSSR count). The second-order valence-corrected chi connectivity index (χ2v) is 3.39. The van der Waals surface area contributed by atoms with E-state index in [2.05, 4.69) is 16.6 Å². The van der Waals surface area contributed by atoms with E-state index in [-0.39, 0.29) is 0 Å². The van der Waals surface area contributed by atoms with Gasteiger partial charge < -0.3 is 14.8 Å². The summed E-state index contributed by atoms with van der Waals surface area (Å²) >= 11 is 0. The molecule has 0 fully saturated rings. The Morgan fingerprint density at radius 3 is 2.40 bits per heavy atom. The van der Waals surface area contributed by atoms with Crippen LogP contribution in [0, 0.1) is 5.92 Å². The Hall–Kier alpha value is -1.52. The molecule has 5 heteroatoms. The molecule has 1 amide bonds. The van der Waals surface area contributed by atoms with Gasteiger partial charge in [-0.3, -0.25) is 0 Å². The quantitative estimate of drug-likeness (QED) is 0.428. The van der Waals surface area contributed by atoms with E-state index in [0.717, 1.165) is 6.08 Å². The zero-order valence-electron chi connectivity index (χ0n) is 9.28. The average molecular weight is 215 g/mol.